The van der Waals surface area contributed by atoms with Gasteiger partial charge in [-0.25, -0.2) is 9.59 Å². The van der Waals surface area contributed by atoms with Crippen LogP contribution >= 0.6 is 0 Å². The van der Waals surface area contributed by atoms with E-state index in [0.29, 0.717) is 0 Å². The van der Waals surface area contributed by atoms with E-state index >= 15 is 0 Å². The summed E-state index contributed by atoms with van der Waals surface area (Å²) < 4.78 is 34.7. The van der Waals surface area contributed by atoms with Gasteiger partial charge in [0.25, 0.3) is 0 Å². The Balaban J connectivity index is 4.61. The maximum Gasteiger partial charge on any atom is 0.334 e. The highest BCUT2D eigenvalue weighted by Gasteiger charge is 2.32. The number of carbonyl (C=O) groups excluding carboxylic acids is 6. The third-order valence-electron chi connectivity index (χ3n) is 4.78. The van der Waals surface area contributed by atoms with Crippen LogP contribution in [0, 0.1) is 11.8 Å². The minimum Gasteiger partial charge on any atom is -0.466 e. The molecule has 39 heavy (non-hydrogen) atoms. The van der Waals surface area contributed by atoms with E-state index in [1.807, 2.05) is 0 Å². The Bertz CT molecular complexity index is 807. The van der Waals surface area contributed by atoms with Crippen molar-refractivity contribution in [3.05, 3.63) is 24.3 Å². The third-order valence-corrected chi connectivity index (χ3v) is 4.78. The molecule has 13 nitrogen and oxygen atoms in total. The minimum absolute atomic E-state index is 0.0428. The molecule has 0 aliphatic carbocycles. The largest absolute Gasteiger partial charge is 0.466 e. The summed E-state index contributed by atoms with van der Waals surface area (Å²) >= 11 is 0. The van der Waals surface area contributed by atoms with Crippen molar-refractivity contribution in [1.82, 2.24) is 0 Å². The molecular weight excluding hydrogens is 520 g/mol. The number of carbonyl (C=O) groups is 6. The second-order valence-corrected chi connectivity index (χ2v) is 7.56. The molecule has 0 fully saturated rings. The second kappa shape index (κ2) is 20.3. The van der Waals surface area contributed by atoms with Crippen molar-refractivity contribution < 1.29 is 61.9 Å². The lowest BCUT2D eigenvalue weighted by Gasteiger charge is -2.17. The molecule has 0 aromatic carbocycles. The summed E-state index contributed by atoms with van der Waals surface area (Å²) in [5, 5.41) is 0. The SMILES string of the molecule is C=C(C(=O)OCCOCCOC(=O)C(=C)C(CC(=O)OCC)C(=O)OCC)C(CC(=O)OCC)C(=O)OCC. The second-order valence-electron chi connectivity index (χ2n) is 7.56. The number of rotatable bonds is 20. The van der Waals surface area contributed by atoms with E-state index in [2.05, 4.69) is 13.2 Å². The highest BCUT2D eigenvalue weighted by Crippen LogP contribution is 2.19. The molecule has 2 atom stereocenters. The van der Waals surface area contributed by atoms with Crippen LogP contribution < -0.4 is 0 Å². The van der Waals surface area contributed by atoms with E-state index in [4.69, 9.17) is 33.2 Å². The molecule has 0 aliphatic heterocycles. The predicted molar refractivity (Wildman–Crippen MR) is 134 cm³/mol. The van der Waals surface area contributed by atoms with Gasteiger partial charge >= 0.3 is 35.8 Å². The highest BCUT2D eigenvalue weighted by molar-refractivity contribution is 5.97. The van der Waals surface area contributed by atoms with Crippen molar-refractivity contribution in [2.75, 3.05) is 52.9 Å². The summed E-state index contributed by atoms with van der Waals surface area (Å²) in [6, 6.07) is 0. The molecule has 0 amide bonds. The number of ether oxygens (including phenoxy) is 7. The van der Waals surface area contributed by atoms with Crippen molar-refractivity contribution in [1.29, 1.82) is 0 Å². The zero-order valence-corrected chi connectivity index (χ0v) is 22.9. The van der Waals surface area contributed by atoms with Gasteiger partial charge in [-0.15, -0.1) is 0 Å². The first-order valence-corrected chi connectivity index (χ1v) is 12.5. The molecule has 0 saturated carbocycles. The number of hydrogen-bond acceptors (Lipinski definition) is 13. The molecule has 0 radical (unpaired) electrons. The molecule has 2 unspecified atom stereocenters. The Morgan fingerprint density at radius 1 is 0.513 bits per heavy atom. The molecule has 0 N–H and O–H groups in total. The van der Waals surface area contributed by atoms with Crippen LogP contribution in [0.3, 0.4) is 0 Å². The first kappa shape index (κ1) is 35.3. The molecule has 0 rings (SSSR count). The van der Waals surface area contributed by atoms with Gasteiger partial charge in [0.2, 0.25) is 0 Å². The van der Waals surface area contributed by atoms with E-state index in [1.165, 1.54) is 0 Å². The molecule has 0 aromatic heterocycles. The standard InChI is InChI=1S/C26H38O13/c1-7-34-21(27)15-19(25(31)36-9-3)17(5)23(29)38-13-11-33-12-14-39-24(30)18(6)20(26(32)37-10-4)16-22(28)35-8-2/h19-20H,5-16H2,1-4H3. The monoisotopic (exact) mass is 558 g/mol. The van der Waals surface area contributed by atoms with Crippen LogP contribution in [-0.2, 0) is 61.9 Å². The maximum absolute atomic E-state index is 12.3. The number of hydrogen-bond donors (Lipinski definition) is 0. The quantitative estimate of drug-likeness (QED) is 0.0912. The van der Waals surface area contributed by atoms with E-state index in [1.54, 1.807) is 27.7 Å². The fraction of sp³-hybridized carbons (Fsp3) is 0.615. The highest BCUT2D eigenvalue weighted by atomic mass is 16.6. The molecule has 0 heterocycles. The van der Waals surface area contributed by atoms with E-state index in [9.17, 15) is 28.8 Å². The lowest BCUT2D eigenvalue weighted by atomic mass is 9.97. The summed E-state index contributed by atoms with van der Waals surface area (Å²) in [5.74, 6) is -7.36. The fourth-order valence-corrected chi connectivity index (χ4v) is 2.92. The average Bonchev–Trinajstić information content (AvgIpc) is 2.89. The van der Waals surface area contributed by atoms with Gasteiger partial charge in [0.1, 0.15) is 13.2 Å². The Hall–Kier alpha value is -3.74. The predicted octanol–water partition coefficient (Wildman–Crippen LogP) is 1.47. The normalized spacial score (nSPS) is 11.8. The molecule has 0 bridgehead atoms. The first-order chi connectivity index (χ1) is 18.5. The van der Waals surface area contributed by atoms with Gasteiger partial charge in [-0.1, -0.05) is 13.2 Å². The van der Waals surface area contributed by atoms with Gasteiger partial charge in [-0.3, -0.25) is 19.2 Å². The molecule has 0 aromatic rings. The maximum atomic E-state index is 12.3. The average molecular weight is 559 g/mol. The number of esters is 6. The van der Waals surface area contributed by atoms with Crippen LogP contribution in [0.15, 0.2) is 24.3 Å². The Kier molecular flexibility index (Phi) is 18.3. The fourth-order valence-electron chi connectivity index (χ4n) is 2.92. The van der Waals surface area contributed by atoms with Crippen molar-refractivity contribution in [3.63, 3.8) is 0 Å². The summed E-state index contributed by atoms with van der Waals surface area (Å²) in [4.78, 5) is 72.4. The minimum atomic E-state index is -1.26. The topological polar surface area (TPSA) is 167 Å². The van der Waals surface area contributed by atoms with Gasteiger partial charge in [-0.05, 0) is 27.7 Å². The van der Waals surface area contributed by atoms with E-state index < -0.39 is 60.5 Å². The van der Waals surface area contributed by atoms with E-state index in [0.717, 1.165) is 0 Å². The Labute approximate surface area is 227 Å². The molecular formula is C26H38O13. The van der Waals surface area contributed by atoms with Crippen LogP contribution in [-0.4, -0.2) is 88.7 Å². The summed E-state index contributed by atoms with van der Waals surface area (Å²) in [6.45, 7) is 13.1. The van der Waals surface area contributed by atoms with Gasteiger partial charge in [0.05, 0.1) is 64.3 Å². The summed E-state index contributed by atoms with van der Waals surface area (Å²) in [6.07, 6.45) is -0.852. The first-order valence-electron chi connectivity index (χ1n) is 12.5. The lowest BCUT2D eigenvalue weighted by Crippen LogP contribution is -2.28. The van der Waals surface area contributed by atoms with Crippen LogP contribution in [0.4, 0.5) is 0 Å². The van der Waals surface area contributed by atoms with Crippen LogP contribution in [0.5, 0.6) is 0 Å². The summed E-state index contributed by atoms with van der Waals surface area (Å²) in [7, 11) is 0. The van der Waals surface area contributed by atoms with Gasteiger partial charge in [-0.2, -0.15) is 0 Å². The Morgan fingerprint density at radius 2 is 0.846 bits per heavy atom. The van der Waals surface area contributed by atoms with Crippen molar-refractivity contribution in [2.24, 2.45) is 11.8 Å². The van der Waals surface area contributed by atoms with Crippen LogP contribution in [0.2, 0.25) is 0 Å². The summed E-state index contributed by atoms with van der Waals surface area (Å²) in [5.41, 5.74) is -0.541. The van der Waals surface area contributed by atoms with Crippen molar-refractivity contribution in [3.8, 4) is 0 Å². The Morgan fingerprint density at radius 3 is 1.15 bits per heavy atom. The van der Waals surface area contributed by atoms with Crippen molar-refractivity contribution >= 4 is 35.8 Å². The molecule has 0 aliphatic rings. The zero-order chi connectivity index (χ0) is 29.8. The van der Waals surface area contributed by atoms with E-state index in [-0.39, 0.29) is 64.0 Å². The molecule has 0 spiro atoms. The van der Waals surface area contributed by atoms with Crippen LogP contribution in [0.25, 0.3) is 0 Å². The smallest absolute Gasteiger partial charge is 0.334 e. The van der Waals surface area contributed by atoms with Crippen LogP contribution in [0.1, 0.15) is 40.5 Å². The third kappa shape index (κ3) is 14.1. The molecule has 13 heteroatoms. The zero-order valence-electron chi connectivity index (χ0n) is 22.9. The van der Waals surface area contributed by atoms with Gasteiger partial charge in [0, 0.05) is 11.1 Å². The van der Waals surface area contributed by atoms with Crippen molar-refractivity contribution in [2.45, 2.75) is 40.5 Å². The van der Waals surface area contributed by atoms with Gasteiger partial charge < -0.3 is 33.2 Å². The van der Waals surface area contributed by atoms with Gasteiger partial charge in [0.15, 0.2) is 0 Å². The lowest BCUT2D eigenvalue weighted by molar-refractivity contribution is -0.155. The molecule has 0 saturated heterocycles. The molecule has 220 valence electrons.